The van der Waals surface area contributed by atoms with E-state index in [0.717, 1.165) is 0 Å². The summed E-state index contributed by atoms with van der Waals surface area (Å²) in [6.07, 6.45) is 0. The van der Waals surface area contributed by atoms with Crippen LogP contribution < -0.4 is 0 Å². The molecule has 0 spiro atoms. The first-order valence-electron chi connectivity index (χ1n) is 4.11. The monoisotopic (exact) mass is 227 g/mol. The molecule has 0 unspecified atom stereocenters. The first-order valence-corrected chi connectivity index (χ1v) is 8.38. The molecule has 1 radical (unpaired) electrons. The van der Waals surface area contributed by atoms with Crippen molar-refractivity contribution in [2.75, 3.05) is 0 Å². The number of halogens is 2. The van der Waals surface area contributed by atoms with Crippen LogP contribution in [0.15, 0.2) is 24.3 Å². The lowest BCUT2D eigenvalue weighted by molar-refractivity contribution is 0.590. The number of rotatable bonds is 0. The highest BCUT2D eigenvalue weighted by Gasteiger charge is 2.11. The van der Waals surface area contributed by atoms with E-state index in [2.05, 4.69) is 39.0 Å². The summed E-state index contributed by atoms with van der Waals surface area (Å²) >= 11 is -0.639. The van der Waals surface area contributed by atoms with Crippen molar-refractivity contribution in [1.82, 2.24) is 0 Å². The van der Waals surface area contributed by atoms with Crippen molar-refractivity contribution < 1.29 is 0 Å². The molecule has 0 N–H and O–H groups in total. The topological polar surface area (TPSA) is 0 Å². The Kier molecular flexibility index (Phi) is 7.24. The normalized spacial score (nSPS) is 9.62. The van der Waals surface area contributed by atoms with Gasteiger partial charge in [-0.25, -0.2) is 0 Å². The predicted molar refractivity (Wildman–Crippen MR) is 61.4 cm³/mol. The minimum Gasteiger partial charge on any atom is -0.309 e. The van der Waals surface area contributed by atoms with Crippen molar-refractivity contribution in [3.05, 3.63) is 35.9 Å². The number of benzene rings is 1. The Hall–Kier alpha value is 0.566. The second-order valence-electron chi connectivity index (χ2n) is 3.64. The highest BCUT2D eigenvalue weighted by atomic mass is 35.6. The second kappa shape index (κ2) is 6.94. The Balaban J connectivity index is 0.000000424. The third-order valence-electron chi connectivity index (χ3n) is 1.58. The molecule has 1 aromatic carbocycles. The van der Waals surface area contributed by atoms with Crippen LogP contribution in [0.4, 0.5) is 0 Å². The van der Waals surface area contributed by atoms with Gasteiger partial charge in [0.25, 0.3) is 0 Å². The number of hydrogen-bond donors (Lipinski definition) is 0. The Bertz CT molecular complexity index is 216. The largest absolute Gasteiger partial charge is 0.618 e. The van der Waals surface area contributed by atoms with E-state index in [1.807, 2.05) is 12.1 Å². The maximum absolute atomic E-state index is 4.90. The molecular formula is C10H13Cl2Mg. The molecule has 0 saturated heterocycles. The van der Waals surface area contributed by atoms with E-state index >= 15 is 0 Å². The lowest BCUT2D eigenvalue weighted by Gasteiger charge is -2.17. The van der Waals surface area contributed by atoms with Crippen LogP contribution in [0, 0.1) is 6.07 Å². The van der Waals surface area contributed by atoms with Gasteiger partial charge in [-0.15, -0.1) is 0 Å². The van der Waals surface area contributed by atoms with E-state index in [0.29, 0.717) is 0 Å². The Morgan fingerprint density at radius 1 is 1.15 bits per heavy atom. The van der Waals surface area contributed by atoms with Gasteiger partial charge in [0.15, 0.2) is 0 Å². The van der Waals surface area contributed by atoms with Gasteiger partial charge in [-0.05, 0) is 17.0 Å². The summed E-state index contributed by atoms with van der Waals surface area (Å²) in [5.74, 6) is 0. The van der Waals surface area contributed by atoms with Crippen molar-refractivity contribution in [2.45, 2.75) is 26.2 Å². The summed E-state index contributed by atoms with van der Waals surface area (Å²) in [5, 5.41) is 0. The SMILES string of the molecule is CC(C)(C)c1cc[c]cc1.[Cl][Mg][Cl]. The van der Waals surface area contributed by atoms with Crippen LogP contribution in [-0.2, 0) is 5.41 Å². The maximum Gasteiger partial charge on any atom is 0.618 e. The summed E-state index contributed by atoms with van der Waals surface area (Å²) in [5.41, 5.74) is 1.64. The van der Waals surface area contributed by atoms with Gasteiger partial charge < -0.3 is 18.1 Å². The van der Waals surface area contributed by atoms with Crippen molar-refractivity contribution >= 4 is 36.3 Å². The second-order valence-corrected chi connectivity index (χ2v) is 6.27. The van der Waals surface area contributed by atoms with E-state index in [1.165, 1.54) is 5.56 Å². The van der Waals surface area contributed by atoms with Crippen LogP contribution >= 0.6 is 18.1 Å². The van der Waals surface area contributed by atoms with Crippen LogP contribution in [0.2, 0.25) is 0 Å². The predicted octanol–water partition coefficient (Wildman–Crippen LogP) is 3.78. The quantitative estimate of drug-likeness (QED) is 0.593. The van der Waals surface area contributed by atoms with E-state index in [1.54, 1.807) is 0 Å². The molecule has 0 aromatic heterocycles. The Morgan fingerprint density at radius 2 is 1.54 bits per heavy atom. The minimum absolute atomic E-state index is 0.273. The van der Waals surface area contributed by atoms with Crippen molar-refractivity contribution in [2.24, 2.45) is 0 Å². The zero-order chi connectivity index (χ0) is 10.3. The van der Waals surface area contributed by atoms with Gasteiger partial charge in [-0.1, -0.05) is 45.0 Å². The highest BCUT2D eigenvalue weighted by molar-refractivity contribution is 7.22. The van der Waals surface area contributed by atoms with E-state index < -0.39 is 18.2 Å². The molecule has 0 nitrogen and oxygen atoms in total. The molecule has 0 aliphatic carbocycles. The average Bonchev–Trinajstić information content (AvgIpc) is 2.06. The lowest BCUT2D eigenvalue weighted by atomic mass is 9.87. The van der Waals surface area contributed by atoms with Gasteiger partial charge in [-0.2, -0.15) is 0 Å². The summed E-state index contributed by atoms with van der Waals surface area (Å²) in [6.45, 7) is 6.63. The van der Waals surface area contributed by atoms with Gasteiger partial charge in [0.1, 0.15) is 0 Å². The molecule has 0 aliphatic rings. The van der Waals surface area contributed by atoms with Crippen LogP contribution in [0.1, 0.15) is 26.3 Å². The molecule has 1 rings (SSSR count). The minimum atomic E-state index is -0.639. The van der Waals surface area contributed by atoms with E-state index in [9.17, 15) is 0 Å². The van der Waals surface area contributed by atoms with Crippen molar-refractivity contribution in [3.63, 3.8) is 0 Å². The standard InChI is InChI=1S/C10H13.2ClH.Mg/c1-10(2,3)9-7-5-4-6-8-9;;;/h5-8H,1-3H3;2*1H;/q;;;+2/p-2. The fraction of sp³-hybridized carbons (Fsp3) is 0.400. The van der Waals surface area contributed by atoms with Gasteiger partial charge in [-0.3, -0.25) is 0 Å². The van der Waals surface area contributed by atoms with E-state index in [-0.39, 0.29) is 5.41 Å². The molecule has 0 fully saturated rings. The first kappa shape index (κ1) is 13.6. The molecule has 69 valence electrons. The van der Waals surface area contributed by atoms with Gasteiger partial charge in [0.05, 0.1) is 0 Å². The smallest absolute Gasteiger partial charge is 0.309 e. The molecule has 3 heteroatoms. The van der Waals surface area contributed by atoms with Crippen molar-refractivity contribution in [1.29, 1.82) is 0 Å². The Labute approximate surface area is 97.9 Å². The number of hydrogen-bond acceptors (Lipinski definition) is 0. The average molecular weight is 228 g/mol. The maximum atomic E-state index is 4.90. The fourth-order valence-corrected chi connectivity index (χ4v) is 0.887. The molecule has 0 amide bonds. The molecule has 0 atom stereocenters. The molecular weight excluding hydrogens is 215 g/mol. The van der Waals surface area contributed by atoms with E-state index in [4.69, 9.17) is 18.1 Å². The third-order valence-corrected chi connectivity index (χ3v) is 1.58. The van der Waals surface area contributed by atoms with Gasteiger partial charge in [0.2, 0.25) is 0 Å². The van der Waals surface area contributed by atoms with Crippen LogP contribution in [-0.4, -0.2) is 18.2 Å². The molecule has 0 aliphatic heterocycles. The van der Waals surface area contributed by atoms with Gasteiger partial charge >= 0.3 is 18.2 Å². The van der Waals surface area contributed by atoms with Crippen LogP contribution in [0.25, 0.3) is 0 Å². The molecule has 0 saturated carbocycles. The molecule has 13 heavy (non-hydrogen) atoms. The zero-order valence-electron chi connectivity index (χ0n) is 8.27. The first-order chi connectivity index (χ1) is 6.02. The molecule has 0 bridgehead atoms. The summed E-state index contributed by atoms with van der Waals surface area (Å²) in [6, 6.07) is 11.1. The van der Waals surface area contributed by atoms with Gasteiger partial charge in [0, 0.05) is 0 Å². The van der Waals surface area contributed by atoms with Crippen LogP contribution in [0.3, 0.4) is 0 Å². The third kappa shape index (κ3) is 6.61. The summed E-state index contributed by atoms with van der Waals surface area (Å²) in [4.78, 5) is 0. The summed E-state index contributed by atoms with van der Waals surface area (Å²) in [7, 11) is 9.81. The lowest BCUT2D eigenvalue weighted by Crippen LogP contribution is -2.10. The Morgan fingerprint density at radius 3 is 1.77 bits per heavy atom. The van der Waals surface area contributed by atoms with Crippen LogP contribution in [0.5, 0.6) is 0 Å². The highest BCUT2D eigenvalue weighted by Crippen LogP contribution is 2.20. The van der Waals surface area contributed by atoms with Crippen molar-refractivity contribution in [3.8, 4) is 0 Å². The fourth-order valence-electron chi connectivity index (χ4n) is 0.887. The summed E-state index contributed by atoms with van der Waals surface area (Å²) < 4.78 is 0. The molecule has 0 heterocycles. The zero-order valence-corrected chi connectivity index (χ0v) is 11.2. The molecule has 1 aromatic rings.